The number of rotatable bonds is 2. The molecular weight excluding hydrogens is 108 g/mol. The maximum Gasteiger partial charge on any atom is -0.0279 e. The van der Waals surface area contributed by atoms with Crippen molar-refractivity contribution in [2.45, 2.75) is 20.8 Å². The van der Waals surface area contributed by atoms with Gasteiger partial charge in [0.25, 0.3) is 0 Å². The molecule has 9 heavy (non-hydrogen) atoms. The molecule has 0 amide bonds. The summed E-state index contributed by atoms with van der Waals surface area (Å²) in [5.41, 5.74) is 3.31. The smallest absolute Gasteiger partial charge is 0.0279 e. The van der Waals surface area contributed by atoms with Crippen LogP contribution in [0.5, 0.6) is 0 Å². The van der Waals surface area contributed by atoms with E-state index >= 15 is 0 Å². The summed E-state index contributed by atoms with van der Waals surface area (Å²) in [5, 5.41) is 0. The summed E-state index contributed by atoms with van der Waals surface area (Å²) in [7, 11) is 0. The van der Waals surface area contributed by atoms with Crippen LogP contribution < -0.4 is 0 Å². The second-order valence-corrected chi connectivity index (χ2v) is 2.23. The second kappa shape index (κ2) is 3.29. The van der Waals surface area contributed by atoms with Crippen molar-refractivity contribution in [1.82, 2.24) is 0 Å². The zero-order valence-corrected chi connectivity index (χ0v) is 6.49. The van der Waals surface area contributed by atoms with E-state index in [-0.39, 0.29) is 0 Å². The summed E-state index contributed by atoms with van der Waals surface area (Å²) in [5.74, 6) is 0. The van der Waals surface area contributed by atoms with Crippen molar-refractivity contribution in [3.05, 3.63) is 36.0 Å². The van der Waals surface area contributed by atoms with Gasteiger partial charge in [0.1, 0.15) is 0 Å². The maximum atomic E-state index is 3.86. The van der Waals surface area contributed by atoms with Gasteiger partial charge in [0, 0.05) is 0 Å². The molecule has 0 bridgehead atoms. The Bertz CT molecular complexity index is 159. The van der Waals surface area contributed by atoms with Crippen molar-refractivity contribution in [2.24, 2.45) is 0 Å². The van der Waals surface area contributed by atoms with Gasteiger partial charge in [-0.1, -0.05) is 24.8 Å². The molecule has 0 nitrogen and oxygen atoms in total. The lowest BCUT2D eigenvalue weighted by Gasteiger charge is -2.02. The molecule has 50 valence electrons. The fourth-order valence-electron chi connectivity index (χ4n) is 0.511. The molecule has 0 heteroatoms. The largest absolute Gasteiger partial charge is 0.0955 e. The van der Waals surface area contributed by atoms with Gasteiger partial charge in [0.05, 0.1) is 0 Å². The molecule has 0 aliphatic rings. The van der Waals surface area contributed by atoms with E-state index in [9.17, 15) is 0 Å². The van der Waals surface area contributed by atoms with Crippen LogP contribution in [0, 0.1) is 0 Å². The van der Waals surface area contributed by atoms with Crippen LogP contribution in [0.15, 0.2) is 36.0 Å². The summed E-state index contributed by atoms with van der Waals surface area (Å²) >= 11 is 0. The predicted molar refractivity (Wildman–Crippen MR) is 43.4 cm³/mol. The topological polar surface area (TPSA) is 0 Å². The summed E-state index contributed by atoms with van der Waals surface area (Å²) < 4.78 is 0. The summed E-state index contributed by atoms with van der Waals surface area (Å²) in [4.78, 5) is 0. The van der Waals surface area contributed by atoms with Gasteiger partial charge in [0.2, 0.25) is 0 Å². The van der Waals surface area contributed by atoms with E-state index in [1.54, 1.807) is 0 Å². The van der Waals surface area contributed by atoms with Gasteiger partial charge in [0.15, 0.2) is 0 Å². The molecular formula is C9H14. The van der Waals surface area contributed by atoms with Crippen molar-refractivity contribution < 1.29 is 0 Å². The minimum absolute atomic E-state index is 1.05. The van der Waals surface area contributed by atoms with E-state index in [1.165, 1.54) is 5.57 Å². The monoisotopic (exact) mass is 122 g/mol. The van der Waals surface area contributed by atoms with Crippen LogP contribution in [0.25, 0.3) is 0 Å². The fraction of sp³-hybridized carbons (Fsp3) is 0.333. The lowest BCUT2D eigenvalue weighted by atomic mass is 10.0. The van der Waals surface area contributed by atoms with Crippen LogP contribution >= 0.6 is 0 Å². The SMILES string of the molecule is C=C(C)C(=C)C(C)=CC. The molecule has 0 saturated heterocycles. The molecule has 0 saturated carbocycles. The first-order valence-electron chi connectivity index (χ1n) is 3.07. The van der Waals surface area contributed by atoms with E-state index in [0.29, 0.717) is 0 Å². The Labute approximate surface area is 57.6 Å². The molecule has 0 N–H and O–H groups in total. The molecule has 0 aliphatic heterocycles. The van der Waals surface area contributed by atoms with Crippen LogP contribution in [0.1, 0.15) is 20.8 Å². The third-order valence-electron chi connectivity index (χ3n) is 1.42. The van der Waals surface area contributed by atoms with Crippen LogP contribution in [-0.4, -0.2) is 0 Å². The Morgan fingerprint density at radius 2 is 1.67 bits per heavy atom. The lowest BCUT2D eigenvalue weighted by molar-refractivity contribution is 1.33. The average molecular weight is 122 g/mol. The van der Waals surface area contributed by atoms with Gasteiger partial charge in [-0.25, -0.2) is 0 Å². The standard InChI is InChI=1S/C9H14/c1-6-8(4)9(5)7(2)3/h6H,2,5H2,1,3-4H3. The molecule has 0 fully saturated rings. The van der Waals surface area contributed by atoms with Crippen molar-refractivity contribution in [1.29, 1.82) is 0 Å². The van der Waals surface area contributed by atoms with Crippen LogP contribution in [0.4, 0.5) is 0 Å². The molecule has 0 aromatic carbocycles. The van der Waals surface area contributed by atoms with Crippen molar-refractivity contribution in [3.8, 4) is 0 Å². The molecule has 0 radical (unpaired) electrons. The van der Waals surface area contributed by atoms with Gasteiger partial charge >= 0.3 is 0 Å². The Balaban J connectivity index is 4.23. The van der Waals surface area contributed by atoms with Gasteiger partial charge in [-0.15, -0.1) is 0 Å². The summed E-state index contributed by atoms with van der Waals surface area (Å²) in [6.07, 6.45) is 2.04. The van der Waals surface area contributed by atoms with Gasteiger partial charge in [-0.05, 0) is 31.9 Å². The zero-order valence-electron chi connectivity index (χ0n) is 6.49. The summed E-state index contributed by atoms with van der Waals surface area (Å²) in [6, 6.07) is 0. The van der Waals surface area contributed by atoms with E-state index in [4.69, 9.17) is 0 Å². The molecule has 0 aromatic heterocycles. The Morgan fingerprint density at radius 1 is 1.22 bits per heavy atom. The average Bonchev–Trinajstić information content (AvgIpc) is 1.84. The lowest BCUT2D eigenvalue weighted by Crippen LogP contribution is -1.82. The maximum absolute atomic E-state index is 3.86. The molecule has 0 unspecified atom stereocenters. The zero-order chi connectivity index (χ0) is 7.44. The molecule has 0 aliphatic carbocycles. The highest BCUT2D eigenvalue weighted by atomic mass is 14.0. The van der Waals surface area contributed by atoms with Gasteiger partial charge in [-0.3, -0.25) is 0 Å². The minimum atomic E-state index is 1.05. The molecule has 0 aromatic rings. The van der Waals surface area contributed by atoms with Crippen molar-refractivity contribution in [3.63, 3.8) is 0 Å². The quantitative estimate of drug-likeness (QED) is 0.494. The molecule has 0 heterocycles. The highest BCUT2D eigenvalue weighted by molar-refractivity contribution is 5.40. The minimum Gasteiger partial charge on any atom is -0.0955 e. The second-order valence-electron chi connectivity index (χ2n) is 2.23. The van der Waals surface area contributed by atoms with Gasteiger partial charge < -0.3 is 0 Å². The Morgan fingerprint density at radius 3 is 1.78 bits per heavy atom. The summed E-state index contributed by atoms with van der Waals surface area (Å²) in [6.45, 7) is 13.7. The third-order valence-corrected chi connectivity index (χ3v) is 1.42. The van der Waals surface area contributed by atoms with Crippen LogP contribution in [-0.2, 0) is 0 Å². The first kappa shape index (κ1) is 8.22. The first-order valence-corrected chi connectivity index (χ1v) is 3.07. The number of hydrogen-bond donors (Lipinski definition) is 0. The van der Waals surface area contributed by atoms with E-state index in [2.05, 4.69) is 13.2 Å². The van der Waals surface area contributed by atoms with Gasteiger partial charge in [-0.2, -0.15) is 0 Å². The normalized spacial score (nSPS) is 11.2. The number of allylic oxidation sites excluding steroid dienone is 4. The van der Waals surface area contributed by atoms with Crippen LogP contribution in [0.2, 0.25) is 0 Å². The van der Waals surface area contributed by atoms with E-state index < -0.39 is 0 Å². The Hall–Kier alpha value is -0.780. The van der Waals surface area contributed by atoms with E-state index in [1.807, 2.05) is 26.8 Å². The van der Waals surface area contributed by atoms with E-state index in [0.717, 1.165) is 11.1 Å². The van der Waals surface area contributed by atoms with Crippen LogP contribution in [0.3, 0.4) is 0 Å². The van der Waals surface area contributed by atoms with Crippen molar-refractivity contribution >= 4 is 0 Å². The highest BCUT2D eigenvalue weighted by Gasteiger charge is 1.93. The first-order chi connectivity index (χ1) is 4.09. The van der Waals surface area contributed by atoms with Crippen molar-refractivity contribution in [2.75, 3.05) is 0 Å². The predicted octanol–water partition coefficient (Wildman–Crippen LogP) is 3.08. The third kappa shape index (κ3) is 2.31. The highest BCUT2D eigenvalue weighted by Crippen LogP contribution is 2.13. The molecule has 0 spiro atoms. The fourth-order valence-corrected chi connectivity index (χ4v) is 0.511. The Kier molecular flexibility index (Phi) is 3.00. The molecule has 0 atom stereocenters. The number of hydrogen-bond acceptors (Lipinski definition) is 0. The molecule has 0 rings (SSSR count).